The Hall–Kier alpha value is -0.280. The summed E-state index contributed by atoms with van der Waals surface area (Å²) < 4.78 is 5.71. The lowest BCUT2D eigenvalue weighted by Crippen LogP contribution is -2.65. The van der Waals surface area contributed by atoms with Gasteiger partial charge in [0.05, 0.1) is 19.4 Å². The maximum absolute atomic E-state index is 5.79. The molecule has 4 rings (SSSR count). The Morgan fingerprint density at radius 2 is 1.94 bits per heavy atom. The van der Waals surface area contributed by atoms with Crippen LogP contribution < -0.4 is 16.5 Å². The molecule has 4 aliphatic rings. The first-order valence-corrected chi connectivity index (χ1v) is 13.0. The van der Waals surface area contributed by atoms with Gasteiger partial charge in [0, 0.05) is 62.8 Å². The van der Waals surface area contributed by atoms with Crippen molar-refractivity contribution in [3.8, 4) is 0 Å². The summed E-state index contributed by atoms with van der Waals surface area (Å²) in [4.78, 5) is 5.20. The largest absolute Gasteiger partial charge is 0.379 e. The topological polar surface area (TPSA) is 69.0 Å². The average molecular weight is 437 g/mol. The number of hydrogen-bond acceptors (Lipinski definition) is 7. The maximum atomic E-state index is 5.79. The lowest BCUT2D eigenvalue weighted by molar-refractivity contribution is -0.0384. The van der Waals surface area contributed by atoms with Crippen molar-refractivity contribution in [2.75, 3.05) is 53.0 Å². The number of likely N-dealkylation sites (N-methyl/N-ethyl adjacent to an activating group) is 1. The quantitative estimate of drug-likeness (QED) is 0.556. The summed E-state index contributed by atoms with van der Waals surface area (Å²) in [5.41, 5.74) is 9.62. The second-order valence-corrected chi connectivity index (χ2v) is 11.0. The molecule has 0 radical (unpaired) electrons. The monoisotopic (exact) mass is 436 g/mol. The minimum atomic E-state index is 0.432. The van der Waals surface area contributed by atoms with Gasteiger partial charge in [-0.1, -0.05) is 6.42 Å². The van der Waals surface area contributed by atoms with E-state index in [9.17, 15) is 0 Å². The van der Waals surface area contributed by atoms with Crippen molar-refractivity contribution >= 4 is 0 Å². The van der Waals surface area contributed by atoms with Crippen LogP contribution in [0.25, 0.3) is 0 Å². The molecule has 4 fully saturated rings. The molecule has 0 bridgehead atoms. The summed E-state index contributed by atoms with van der Waals surface area (Å²) in [5.74, 6) is 2.24. The molecule has 0 aromatic carbocycles. The number of hydrazine groups is 1. The normalized spacial score (nSPS) is 40.5. The Morgan fingerprint density at radius 1 is 1.16 bits per heavy atom. The Balaban J connectivity index is 1.48. The van der Waals surface area contributed by atoms with Crippen molar-refractivity contribution < 1.29 is 4.74 Å². The van der Waals surface area contributed by atoms with Gasteiger partial charge in [-0.15, -0.1) is 0 Å². The van der Waals surface area contributed by atoms with E-state index < -0.39 is 0 Å². The van der Waals surface area contributed by atoms with Crippen LogP contribution in [0.15, 0.2) is 0 Å². The molecule has 7 nitrogen and oxygen atoms in total. The third-order valence-corrected chi connectivity index (χ3v) is 8.46. The van der Waals surface area contributed by atoms with Crippen LogP contribution in [0.5, 0.6) is 0 Å². The average Bonchev–Trinajstić information content (AvgIpc) is 3.11. The van der Waals surface area contributed by atoms with E-state index in [1.807, 2.05) is 0 Å². The van der Waals surface area contributed by atoms with E-state index in [1.165, 1.54) is 38.6 Å². The molecule has 0 aromatic heterocycles. The van der Waals surface area contributed by atoms with Gasteiger partial charge in [-0.3, -0.25) is 15.6 Å². The molecular weight excluding hydrogens is 388 g/mol. The summed E-state index contributed by atoms with van der Waals surface area (Å²) in [7, 11) is 2.24. The molecule has 31 heavy (non-hydrogen) atoms. The van der Waals surface area contributed by atoms with E-state index in [0.29, 0.717) is 36.3 Å². The zero-order valence-electron chi connectivity index (χ0n) is 20.4. The highest BCUT2D eigenvalue weighted by molar-refractivity contribution is 5.05. The van der Waals surface area contributed by atoms with Crippen LogP contribution >= 0.6 is 0 Å². The number of fused-ring (bicyclic) bond motifs is 1. The number of ether oxygens (including phenoxy) is 1. The molecule has 7 heteroatoms. The van der Waals surface area contributed by atoms with Gasteiger partial charge in [-0.2, -0.15) is 0 Å². The van der Waals surface area contributed by atoms with Gasteiger partial charge < -0.3 is 15.4 Å². The Kier molecular flexibility index (Phi) is 8.29. The van der Waals surface area contributed by atoms with Gasteiger partial charge in [0.15, 0.2) is 0 Å². The van der Waals surface area contributed by atoms with Gasteiger partial charge in [-0.25, -0.2) is 5.01 Å². The second kappa shape index (κ2) is 10.8. The fraction of sp³-hybridized carbons (Fsp3) is 1.00. The number of nitrogens with one attached hydrogen (secondary N) is 2. The fourth-order valence-electron chi connectivity index (χ4n) is 7.02. The number of nitrogens with two attached hydrogens (primary N) is 1. The molecule has 3 saturated heterocycles. The Labute approximate surface area is 190 Å². The van der Waals surface area contributed by atoms with Crippen LogP contribution in [0.1, 0.15) is 52.9 Å². The number of nitrogens with zero attached hydrogens (tertiary/aromatic N) is 3. The molecule has 0 aromatic rings. The van der Waals surface area contributed by atoms with Crippen LogP contribution in [0.2, 0.25) is 0 Å². The SMILES string of the molecule is CC1NN(C(C)C)C2NC(C3CCCC(CN(C)CCN)C3)CC(N3CCOCC3)C12. The van der Waals surface area contributed by atoms with E-state index in [4.69, 9.17) is 10.5 Å². The molecule has 0 spiro atoms. The molecule has 3 heterocycles. The predicted molar refractivity (Wildman–Crippen MR) is 127 cm³/mol. The molecule has 1 aliphatic carbocycles. The highest BCUT2D eigenvalue weighted by atomic mass is 16.5. The minimum absolute atomic E-state index is 0.432. The molecular formula is C24H48N6O. The lowest BCUT2D eigenvalue weighted by Gasteiger charge is -2.50. The highest BCUT2D eigenvalue weighted by Crippen LogP contribution is 2.40. The number of rotatable bonds is 7. The summed E-state index contributed by atoms with van der Waals surface area (Å²) in [6, 6.07) is 2.27. The smallest absolute Gasteiger partial charge is 0.0797 e. The van der Waals surface area contributed by atoms with Crippen molar-refractivity contribution in [3.05, 3.63) is 0 Å². The van der Waals surface area contributed by atoms with Crippen molar-refractivity contribution in [2.24, 2.45) is 23.5 Å². The van der Waals surface area contributed by atoms with Crippen LogP contribution in [-0.4, -0.2) is 98.1 Å². The van der Waals surface area contributed by atoms with Gasteiger partial charge >= 0.3 is 0 Å². The molecule has 1 saturated carbocycles. The first kappa shape index (κ1) is 23.9. The standard InChI is InChI=1S/C24H48N6O/c1-17(2)30-24-23(18(3)27-30)22(29-10-12-31-13-11-29)15-21(26-24)20-7-5-6-19(14-20)16-28(4)9-8-25/h17-24,26-27H,5-16,25H2,1-4H3. The van der Waals surface area contributed by atoms with Crippen molar-refractivity contribution in [1.29, 1.82) is 0 Å². The van der Waals surface area contributed by atoms with E-state index in [-0.39, 0.29) is 0 Å². The summed E-state index contributed by atoms with van der Waals surface area (Å²) in [6.07, 6.45) is 7.23. The van der Waals surface area contributed by atoms with Crippen molar-refractivity contribution in [1.82, 2.24) is 25.6 Å². The minimum Gasteiger partial charge on any atom is -0.379 e. The van der Waals surface area contributed by atoms with Crippen LogP contribution in [0.3, 0.4) is 0 Å². The third kappa shape index (κ3) is 5.45. The molecule has 180 valence electrons. The summed E-state index contributed by atoms with van der Waals surface area (Å²) in [5, 5.41) is 6.71. The predicted octanol–water partition coefficient (Wildman–Crippen LogP) is 1.31. The lowest BCUT2D eigenvalue weighted by atomic mass is 9.72. The first-order chi connectivity index (χ1) is 15.0. The van der Waals surface area contributed by atoms with Gasteiger partial charge in [0.1, 0.15) is 0 Å². The molecule has 7 unspecified atom stereocenters. The van der Waals surface area contributed by atoms with Crippen molar-refractivity contribution in [2.45, 2.75) is 83.2 Å². The molecule has 7 atom stereocenters. The fourth-order valence-corrected chi connectivity index (χ4v) is 7.02. The van der Waals surface area contributed by atoms with Gasteiger partial charge in [-0.05, 0) is 65.3 Å². The van der Waals surface area contributed by atoms with E-state index in [0.717, 1.165) is 51.2 Å². The summed E-state index contributed by atoms with van der Waals surface area (Å²) in [6.45, 7) is 14.0. The Bertz CT molecular complexity index is 556. The van der Waals surface area contributed by atoms with Crippen LogP contribution in [0.4, 0.5) is 0 Å². The highest BCUT2D eigenvalue weighted by Gasteiger charge is 2.51. The first-order valence-electron chi connectivity index (χ1n) is 13.0. The van der Waals surface area contributed by atoms with Crippen LogP contribution in [-0.2, 0) is 4.74 Å². The summed E-state index contributed by atoms with van der Waals surface area (Å²) >= 11 is 0. The maximum Gasteiger partial charge on any atom is 0.0797 e. The third-order valence-electron chi connectivity index (χ3n) is 8.46. The molecule has 4 N–H and O–H groups in total. The molecule has 0 amide bonds. The van der Waals surface area contributed by atoms with E-state index in [2.05, 4.69) is 53.4 Å². The zero-order valence-corrected chi connectivity index (χ0v) is 20.4. The zero-order chi connectivity index (χ0) is 22.0. The van der Waals surface area contributed by atoms with Gasteiger partial charge in [0.2, 0.25) is 0 Å². The Morgan fingerprint density at radius 3 is 2.65 bits per heavy atom. The van der Waals surface area contributed by atoms with E-state index in [1.54, 1.807) is 0 Å². The van der Waals surface area contributed by atoms with Crippen molar-refractivity contribution in [3.63, 3.8) is 0 Å². The number of morpholine rings is 1. The van der Waals surface area contributed by atoms with Gasteiger partial charge in [0.25, 0.3) is 0 Å². The van der Waals surface area contributed by atoms with E-state index >= 15 is 0 Å². The number of hydrogen-bond donors (Lipinski definition) is 3. The van der Waals surface area contributed by atoms with Crippen LogP contribution in [0, 0.1) is 17.8 Å². The second-order valence-electron chi connectivity index (χ2n) is 11.0. The molecule has 3 aliphatic heterocycles. The number of piperidine rings is 1.